The van der Waals surface area contributed by atoms with Crippen LogP contribution in [0.5, 0.6) is 5.75 Å². The van der Waals surface area contributed by atoms with Gasteiger partial charge in [0.2, 0.25) is 0 Å². The summed E-state index contributed by atoms with van der Waals surface area (Å²) in [5.41, 5.74) is 0. The molecule has 0 aromatic heterocycles. The van der Waals surface area contributed by atoms with Crippen molar-refractivity contribution < 1.29 is 18.7 Å². The summed E-state index contributed by atoms with van der Waals surface area (Å²) in [4.78, 5) is 13.8. The Bertz CT molecular complexity index is 401. The van der Waals surface area contributed by atoms with E-state index in [0.717, 1.165) is 0 Å². The number of hydrogen-bond donors (Lipinski definition) is 0. The van der Waals surface area contributed by atoms with Gasteiger partial charge in [0, 0.05) is 13.1 Å². The average molecular weight is 253 g/mol. The smallest absolute Gasteiger partial charge is 0.263 e. The fraction of sp³-hybridized carbons (Fsp3) is 0.462. The van der Waals surface area contributed by atoms with Gasteiger partial charge in [-0.05, 0) is 31.2 Å². The van der Waals surface area contributed by atoms with E-state index in [1.807, 2.05) is 0 Å². The Morgan fingerprint density at radius 3 is 2.56 bits per heavy atom. The fourth-order valence-electron chi connectivity index (χ4n) is 1.81. The minimum Gasteiger partial charge on any atom is -0.481 e. The highest BCUT2D eigenvalue weighted by molar-refractivity contribution is 5.81. The van der Waals surface area contributed by atoms with Crippen molar-refractivity contribution in [2.75, 3.05) is 26.3 Å². The number of carbonyl (C=O) groups excluding carboxylic acids is 1. The van der Waals surface area contributed by atoms with E-state index in [1.165, 1.54) is 24.3 Å². The van der Waals surface area contributed by atoms with Gasteiger partial charge >= 0.3 is 0 Å². The lowest BCUT2D eigenvalue weighted by molar-refractivity contribution is -0.142. The van der Waals surface area contributed by atoms with Crippen molar-refractivity contribution in [2.45, 2.75) is 13.0 Å². The number of amides is 1. The van der Waals surface area contributed by atoms with E-state index in [1.54, 1.807) is 11.8 Å². The van der Waals surface area contributed by atoms with Gasteiger partial charge in [-0.1, -0.05) is 0 Å². The third-order valence-electron chi connectivity index (χ3n) is 2.80. The maximum Gasteiger partial charge on any atom is 0.263 e. The zero-order valence-corrected chi connectivity index (χ0v) is 10.3. The zero-order valence-electron chi connectivity index (χ0n) is 10.3. The molecule has 1 heterocycles. The van der Waals surface area contributed by atoms with Crippen LogP contribution in [0.4, 0.5) is 4.39 Å². The lowest BCUT2D eigenvalue weighted by Gasteiger charge is -2.29. The van der Waals surface area contributed by atoms with E-state index < -0.39 is 6.10 Å². The molecular formula is C13H16FNO3. The number of carbonyl (C=O) groups is 1. The van der Waals surface area contributed by atoms with Crippen LogP contribution >= 0.6 is 0 Å². The number of benzene rings is 1. The Morgan fingerprint density at radius 2 is 1.94 bits per heavy atom. The first-order chi connectivity index (χ1) is 8.66. The summed E-state index contributed by atoms with van der Waals surface area (Å²) in [7, 11) is 0. The van der Waals surface area contributed by atoms with Gasteiger partial charge in [0.25, 0.3) is 5.91 Å². The molecule has 1 aromatic rings. The van der Waals surface area contributed by atoms with Crippen LogP contribution < -0.4 is 4.74 Å². The highest BCUT2D eigenvalue weighted by Crippen LogP contribution is 2.14. The molecule has 0 saturated carbocycles. The molecule has 0 bridgehead atoms. The van der Waals surface area contributed by atoms with E-state index in [9.17, 15) is 9.18 Å². The Balaban J connectivity index is 1.92. The topological polar surface area (TPSA) is 38.8 Å². The summed E-state index contributed by atoms with van der Waals surface area (Å²) in [6.07, 6.45) is -0.575. The average Bonchev–Trinajstić information content (AvgIpc) is 2.41. The van der Waals surface area contributed by atoms with Crippen molar-refractivity contribution in [1.82, 2.24) is 4.90 Å². The predicted molar refractivity (Wildman–Crippen MR) is 63.9 cm³/mol. The molecule has 1 aromatic carbocycles. The van der Waals surface area contributed by atoms with Crippen LogP contribution in [0.1, 0.15) is 6.92 Å². The third-order valence-corrected chi connectivity index (χ3v) is 2.80. The summed E-state index contributed by atoms with van der Waals surface area (Å²) in [5.74, 6) is 0.0997. The highest BCUT2D eigenvalue weighted by atomic mass is 19.1. The van der Waals surface area contributed by atoms with Gasteiger partial charge in [0.15, 0.2) is 6.10 Å². The van der Waals surface area contributed by atoms with Crippen LogP contribution in [0.15, 0.2) is 24.3 Å². The van der Waals surface area contributed by atoms with Crippen LogP contribution in [-0.4, -0.2) is 43.2 Å². The zero-order chi connectivity index (χ0) is 13.0. The van der Waals surface area contributed by atoms with Crippen molar-refractivity contribution in [2.24, 2.45) is 0 Å². The molecular weight excluding hydrogens is 237 g/mol. The minimum absolute atomic E-state index is 0.0670. The number of halogens is 1. The molecule has 1 fully saturated rings. The van der Waals surface area contributed by atoms with Gasteiger partial charge in [-0.15, -0.1) is 0 Å². The number of nitrogens with zero attached hydrogens (tertiary/aromatic N) is 1. The van der Waals surface area contributed by atoms with Crippen molar-refractivity contribution in [3.63, 3.8) is 0 Å². The molecule has 1 atom stereocenters. The molecule has 2 rings (SSSR count). The first kappa shape index (κ1) is 12.8. The second-order valence-corrected chi connectivity index (χ2v) is 4.15. The Labute approximate surface area is 105 Å². The second-order valence-electron chi connectivity index (χ2n) is 4.15. The normalized spacial score (nSPS) is 17.3. The molecule has 5 heteroatoms. The minimum atomic E-state index is -0.575. The molecule has 4 nitrogen and oxygen atoms in total. The summed E-state index contributed by atoms with van der Waals surface area (Å²) in [6.45, 7) is 4.01. The van der Waals surface area contributed by atoms with Gasteiger partial charge in [0.05, 0.1) is 13.2 Å². The van der Waals surface area contributed by atoms with Crippen molar-refractivity contribution in [3.05, 3.63) is 30.1 Å². The van der Waals surface area contributed by atoms with Crippen LogP contribution in [-0.2, 0) is 9.53 Å². The predicted octanol–water partition coefficient (Wildman–Crippen LogP) is 1.45. The van der Waals surface area contributed by atoms with Gasteiger partial charge in [-0.2, -0.15) is 0 Å². The van der Waals surface area contributed by atoms with E-state index in [2.05, 4.69) is 0 Å². The largest absolute Gasteiger partial charge is 0.481 e. The molecule has 1 aliphatic rings. The van der Waals surface area contributed by atoms with Crippen molar-refractivity contribution in [1.29, 1.82) is 0 Å². The summed E-state index contributed by atoms with van der Waals surface area (Å²) >= 11 is 0. The van der Waals surface area contributed by atoms with Gasteiger partial charge in [-0.25, -0.2) is 4.39 Å². The lowest BCUT2D eigenvalue weighted by atomic mass is 10.3. The maximum atomic E-state index is 12.7. The van der Waals surface area contributed by atoms with E-state index in [-0.39, 0.29) is 11.7 Å². The molecule has 1 saturated heterocycles. The van der Waals surface area contributed by atoms with Crippen LogP contribution in [0, 0.1) is 5.82 Å². The number of ether oxygens (including phenoxy) is 2. The van der Waals surface area contributed by atoms with Crippen LogP contribution in [0.2, 0.25) is 0 Å². The monoisotopic (exact) mass is 253 g/mol. The quantitative estimate of drug-likeness (QED) is 0.818. The number of rotatable bonds is 3. The SMILES string of the molecule is C[C@@H](Oc1ccc(F)cc1)C(=O)N1CCOCC1. The van der Waals surface area contributed by atoms with Crippen molar-refractivity contribution >= 4 is 5.91 Å². The van der Waals surface area contributed by atoms with Crippen LogP contribution in [0.25, 0.3) is 0 Å². The Morgan fingerprint density at radius 1 is 1.33 bits per heavy atom. The molecule has 0 N–H and O–H groups in total. The van der Waals surface area contributed by atoms with E-state index in [0.29, 0.717) is 32.1 Å². The second kappa shape index (κ2) is 5.82. The van der Waals surface area contributed by atoms with Crippen molar-refractivity contribution in [3.8, 4) is 5.75 Å². The molecule has 18 heavy (non-hydrogen) atoms. The molecule has 0 aliphatic carbocycles. The number of hydrogen-bond acceptors (Lipinski definition) is 3. The molecule has 1 amide bonds. The molecule has 0 radical (unpaired) electrons. The molecule has 0 spiro atoms. The molecule has 1 aliphatic heterocycles. The molecule has 98 valence electrons. The Kier molecular flexibility index (Phi) is 4.15. The van der Waals surface area contributed by atoms with E-state index >= 15 is 0 Å². The van der Waals surface area contributed by atoms with Gasteiger partial charge < -0.3 is 14.4 Å². The molecule has 0 unspecified atom stereocenters. The first-order valence-electron chi connectivity index (χ1n) is 5.95. The number of morpholine rings is 1. The fourth-order valence-corrected chi connectivity index (χ4v) is 1.81. The lowest BCUT2D eigenvalue weighted by Crippen LogP contribution is -2.46. The highest BCUT2D eigenvalue weighted by Gasteiger charge is 2.23. The Hall–Kier alpha value is -1.62. The van der Waals surface area contributed by atoms with Gasteiger partial charge in [-0.3, -0.25) is 4.79 Å². The summed E-state index contributed by atoms with van der Waals surface area (Å²) in [6, 6.07) is 5.64. The third kappa shape index (κ3) is 3.20. The summed E-state index contributed by atoms with van der Waals surface area (Å²) < 4.78 is 23.4. The van der Waals surface area contributed by atoms with E-state index in [4.69, 9.17) is 9.47 Å². The first-order valence-corrected chi connectivity index (χ1v) is 5.95. The maximum absolute atomic E-state index is 12.7. The standard InChI is InChI=1S/C13H16FNO3/c1-10(13(16)15-6-8-17-9-7-15)18-12-4-2-11(14)3-5-12/h2-5,10H,6-9H2,1H3/t10-/m1/s1. The van der Waals surface area contributed by atoms with Gasteiger partial charge in [0.1, 0.15) is 11.6 Å². The summed E-state index contributed by atoms with van der Waals surface area (Å²) in [5, 5.41) is 0. The van der Waals surface area contributed by atoms with Crippen LogP contribution in [0.3, 0.4) is 0 Å².